The van der Waals surface area contributed by atoms with Crippen molar-refractivity contribution in [1.29, 1.82) is 0 Å². The van der Waals surface area contributed by atoms with Gasteiger partial charge in [0.1, 0.15) is 6.54 Å². The van der Waals surface area contributed by atoms with Gasteiger partial charge in [-0.2, -0.15) is 0 Å². The molecule has 0 radical (unpaired) electrons. The molecule has 32 heavy (non-hydrogen) atoms. The highest BCUT2D eigenvalue weighted by molar-refractivity contribution is 5.98. The van der Waals surface area contributed by atoms with E-state index >= 15 is 0 Å². The summed E-state index contributed by atoms with van der Waals surface area (Å²) in [7, 11) is 0. The number of aromatic nitrogens is 1. The first-order valence-corrected chi connectivity index (χ1v) is 11.2. The monoisotopic (exact) mass is 431 g/mol. The molecule has 6 nitrogen and oxygen atoms in total. The maximum absolute atomic E-state index is 13.2. The van der Waals surface area contributed by atoms with Crippen LogP contribution in [0.2, 0.25) is 0 Å². The highest BCUT2D eigenvalue weighted by Gasteiger charge is 2.24. The van der Waals surface area contributed by atoms with Crippen LogP contribution in [0, 0.1) is 6.92 Å². The molecule has 1 aliphatic rings. The summed E-state index contributed by atoms with van der Waals surface area (Å²) in [5, 5.41) is 0. The normalized spacial score (nSPS) is 13.7. The molecule has 1 aliphatic heterocycles. The average molecular weight is 432 g/mol. The molecule has 0 bridgehead atoms. The van der Waals surface area contributed by atoms with Crippen LogP contribution in [0.1, 0.15) is 37.1 Å². The summed E-state index contributed by atoms with van der Waals surface area (Å²) in [6.07, 6.45) is 5.50. The number of likely N-dealkylation sites (tertiary alicyclic amines) is 1. The predicted molar refractivity (Wildman–Crippen MR) is 124 cm³/mol. The lowest BCUT2D eigenvalue weighted by Gasteiger charge is -2.30. The van der Waals surface area contributed by atoms with Gasteiger partial charge < -0.3 is 14.2 Å². The highest BCUT2D eigenvalue weighted by Crippen LogP contribution is 2.22. The zero-order valence-corrected chi connectivity index (χ0v) is 18.5. The molecular formula is C26H29N3O3. The summed E-state index contributed by atoms with van der Waals surface area (Å²) in [5.74, 6) is 1.09. The summed E-state index contributed by atoms with van der Waals surface area (Å²) in [6, 6.07) is 17.5. The number of hydrogen-bond donors (Lipinski definition) is 0. The first-order chi connectivity index (χ1) is 15.6. The van der Waals surface area contributed by atoms with Gasteiger partial charge in [0, 0.05) is 37.2 Å². The van der Waals surface area contributed by atoms with Gasteiger partial charge in [-0.15, -0.1) is 0 Å². The maximum atomic E-state index is 13.2. The van der Waals surface area contributed by atoms with Crippen molar-refractivity contribution in [2.24, 2.45) is 0 Å². The number of carbonyl (C=O) groups is 2. The maximum Gasteiger partial charge on any atom is 0.242 e. The van der Waals surface area contributed by atoms with Gasteiger partial charge in [0.05, 0.1) is 6.20 Å². The second-order valence-corrected chi connectivity index (χ2v) is 8.24. The molecule has 4 rings (SSSR count). The lowest BCUT2D eigenvalue weighted by atomic mass is 10.1. The number of rotatable bonds is 7. The van der Waals surface area contributed by atoms with Crippen LogP contribution in [0.4, 0.5) is 5.69 Å². The number of hydrogen-bond acceptors (Lipinski definition) is 4. The Morgan fingerprint density at radius 2 is 1.72 bits per heavy atom. The molecule has 2 heterocycles. The van der Waals surface area contributed by atoms with E-state index in [0.29, 0.717) is 18.1 Å². The van der Waals surface area contributed by atoms with Crippen molar-refractivity contribution in [2.45, 2.75) is 39.0 Å². The third-order valence-corrected chi connectivity index (χ3v) is 5.81. The Labute approximate surface area is 188 Å². The molecule has 6 heteroatoms. The van der Waals surface area contributed by atoms with Crippen LogP contribution in [-0.4, -0.2) is 41.3 Å². The number of piperidine rings is 1. The molecule has 0 atom stereocenters. The number of carbonyl (C=O) groups excluding carboxylic acids is 2. The molecule has 1 aromatic heterocycles. The van der Waals surface area contributed by atoms with E-state index in [1.54, 1.807) is 11.1 Å². The Kier molecular flexibility index (Phi) is 7.00. The van der Waals surface area contributed by atoms with E-state index in [2.05, 4.69) is 4.98 Å². The van der Waals surface area contributed by atoms with Crippen molar-refractivity contribution in [2.75, 3.05) is 24.5 Å². The van der Waals surface area contributed by atoms with E-state index < -0.39 is 0 Å². The van der Waals surface area contributed by atoms with Gasteiger partial charge >= 0.3 is 0 Å². The topological polar surface area (TPSA) is 66.7 Å². The first kappa shape index (κ1) is 21.8. The molecule has 0 N–H and O–H groups in total. The molecule has 0 aliphatic carbocycles. The number of nitrogens with zero attached hydrogens (tertiary/aromatic N) is 3. The van der Waals surface area contributed by atoms with E-state index in [4.69, 9.17) is 4.42 Å². The standard InChI is InChI=1S/C26H29N3O3/c1-20-10-12-22(13-11-20)29(19-26(31)28-16-6-3-7-17-28)25(30)15-14-24-27-18-23(32-24)21-8-4-2-5-9-21/h2,4-5,8-13,18H,3,6-7,14-17,19H2,1H3. The Morgan fingerprint density at radius 1 is 1.00 bits per heavy atom. The SMILES string of the molecule is Cc1ccc(N(CC(=O)N2CCCCC2)C(=O)CCc2ncc(-c3ccccc3)o2)cc1. The molecule has 3 aromatic rings. The minimum Gasteiger partial charge on any atom is -0.441 e. The van der Waals surface area contributed by atoms with E-state index in [1.165, 1.54) is 0 Å². The third kappa shape index (κ3) is 5.44. The van der Waals surface area contributed by atoms with Crippen molar-refractivity contribution in [3.63, 3.8) is 0 Å². The average Bonchev–Trinajstić information content (AvgIpc) is 3.32. The van der Waals surface area contributed by atoms with Gasteiger partial charge in [-0.05, 0) is 38.3 Å². The third-order valence-electron chi connectivity index (χ3n) is 5.81. The molecule has 166 valence electrons. The summed E-state index contributed by atoms with van der Waals surface area (Å²) in [6.45, 7) is 3.60. The van der Waals surface area contributed by atoms with Crippen LogP contribution < -0.4 is 4.90 Å². The number of anilines is 1. The Hall–Kier alpha value is -3.41. The minimum absolute atomic E-state index is 0.00103. The molecule has 2 amide bonds. The van der Waals surface area contributed by atoms with Crippen LogP contribution >= 0.6 is 0 Å². The van der Waals surface area contributed by atoms with Gasteiger partial charge in [-0.25, -0.2) is 4.98 Å². The van der Waals surface area contributed by atoms with Gasteiger partial charge in [0.2, 0.25) is 11.8 Å². The fourth-order valence-corrected chi connectivity index (χ4v) is 3.94. The lowest BCUT2D eigenvalue weighted by Crippen LogP contribution is -2.45. The van der Waals surface area contributed by atoms with Crippen molar-refractivity contribution >= 4 is 17.5 Å². The molecular weight excluding hydrogens is 402 g/mol. The van der Waals surface area contributed by atoms with Crippen molar-refractivity contribution < 1.29 is 14.0 Å². The molecule has 2 aromatic carbocycles. The number of oxazole rings is 1. The van der Waals surface area contributed by atoms with Gasteiger partial charge in [0.25, 0.3) is 0 Å². The summed E-state index contributed by atoms with van der Waals surface area (Å²) < 4.78 is 5.84. The summed E-state index contributed by atoms with van der Waals surface area (Å²) >= 11 is 0. The second-order valence-electron chi connectivity index (χ2n) is 8.24. The van der Waals surface area contributed by atoms with Gasteiger partial charge in [-0.3, -0.25) is 9.59 Å². The highest BCUT2D eigenvalue weighted by atomic mass is 16.4. The molecule has 1 saturated heterocycles. The summed E-state index contributed by atoms with van der Waals surface area (Å²) in [4.78, 5) is 33.9. The number of aryl methyl sites for hydroxylation is 2. The fourth-order valence-electron chi connectivity index (χ4n) is 3.94. The minimum atomic E-state index is -0.112. The zero-order chi connectivity index (χ0) is 22.3. The van der Waals surface area contributed by atoms with Crippen LogP contribution in [0.25, 0.3) is 11.3 Å². The Morgan fingerprint density at radius 3 is 2.44 bits per heavy atom. The van der Waals surface area contributed by atoms with Crippen LogP contribution in [0.3, 0.4) is 0 Å². The van der Waals surface area contributed by atoms with Crippen molar-refractivity contribution in [3.05, 3.63) is 72.2 Å². The van der Waals surface area contributed by atoms with Crippen LogP contribution in [0.15, 0.2) is 65.2 Å². The van der Waals surface area contributed by atoms with Crippen molar-refractivity contribution in [1.82, 2.24) is 9.88 Å². The van der Waals surface area contributed by atoms with Crippen LogP contribution in [0.5, 0.6) is 0 Å². The van der Waals surface area contributed by atoms with Gasteiger partial charge in [-0.1, -0.05) is 48.0 Å². The Balaban J connectivity index is 1.44. The largest absolute Gasteiger partial charge is 0.441 e. The fraction of sp³-hybridized carbons (Fsp3) is 0.346. The van der Waals surface area contributed by atoms with E-state index in [9.17, 15) is 9.59 Å². The van der Waals surface area contributed by atoms with E-state index in [-0.39, 0.29) is 24.8 Å². The van der Waals surface area contributed by atoms with E-state index in [1.807, 2.05) is 66.4 Å². The number of amides is 2. The molecule has 0 unspecified atom stereocenters. The summed E-state index contributed by atoms with van der Waals surface area (Å²) in [5.41, 5.74) is 2.80. The number of benzene rings is 2. The van der Waals surface area contributed by atoms with Gasteiger partial charge in [0.15, 0.2) is 11.7 Å². The van der Waals surface area contributed by atoms with Crippen molar-refractivity contribution in [3.8, 4) is 11.3 Å². The molecule has 1 fully saturated rings. The molecule has 0 saturated carbocycles. The zero-order valence-electron chi connectivity index (χ0n) is 18.5. The second kappa shape index (κ2) is 10.3. The van der Waals surface area contributed by atoms with E-state index in [0.717, 1.165) is 49.2 Å². The Bertz CT molecular complexity index is 1040. The smallest absolute Gasteiger partial charge is 0.242 e. The molecule has 0 spiro atoms. The lowest BCUT2D eigenvalue weighted by molar-refractivity contribution is -0.132. The quantitative estimate of drug-likeness (QED) is 0.547. The van der Waals surface area contributed by atoms with Crippen LogP contribution in [-0.2, 0) is 16.0 Å². The first-order valence-electron chi connectivity index (χ1n) is 11.2. The predicted octanol–water partition coefficient (Wildman–Crippen LogP) is 4.63.